The smallest absolute Gasteiger partial charge is 0.408 e. The molecule has 0 bridgehead atoms. The van der Waals surface area contributed by atoms with Gasteiger partial charge < -0.3 is 15.2 Å². The maximum Gasteiger partial charge on any atom is 0.408 e. The van der Waals surface area contributed by atoms with E-state index in [1.807, 2.05) is 13.8 Å². The van der Waals surface area contributed by atoms with Gasteiger partial charge in [0.15, 0.2) is 0 Å². The van der Waals surface area contributed by atoms with Crippen molar-refractivity contribution in [3.63, 3.8) is 0 Å². The molecule has 0 aliphatic rings. The molecular formula is C14H25NO4. The molecule has 0 fully saturated rings. The number of carbonyl (C=O) groups excluding carboxylic acids is 1. The third kappa shape index (κ3) is 11.3. The fourth-order valence-electron chi connectivity index (χ4n) is 1.49. The van der Waals surface area contributed by atoms with Crippen molar-refractivity contribution in [1.82, 2.24) is 5.32 Å². The van der Waals surface area contributed by atoms with E-state index in [1.54, 1.807) is 32.9 Å². The number of carboxylic acids is 1. The number of aliphatic carboxylic acids is 1. The van der Waals surface area contributed by atoms with E-state index in [1.165, 1.54) is 0 Å². The lowest BCUT2D eigenvalue weighted by atomic mass is 10.0. The number of alkyl carbamates (subject to hydrolysis) is 1. The van der Waals surface area contributed by atoms with Crippen LogP contribution in [-0.2, 0) is 9.53 Å². The number of hydrogen-bond acceptors (Lipinski definition) is 3. The monoisotopic (exact) mass is 271 g/mol. The number of carboxylic acid groups (broad SMARTS) is 1. The Morgan fingerprint density at radius 2 is 1.89 bits per heavy atom. The summed E-state index contributed by atoms with van der Waals surface area (Å²) in [7, 11) is 0. The zero-order chi connectivity index (χ0) is 15.1. The number of ether oxygens (including phenoxy) is 1. The number of carbonyl (C=O) groups is 2. The van der Waals surface area contributed by atoms with Crippen LogP contribution in [0, 0.1) is 5.92 Å². The van der Waals surface area contributed by atoms with Crippen LogP contribution in [0.4, 0.5) is 4.79 Å². The Kier molecular flexibility index (Phi) is 7.19. The first kappa shape index (κ1) is 17.5. The predicted octanol–water partition coefficient (Wildman–Crippen LogP) is 2.96. The Labute approximate surface area is 115 Å². The predicted molar refractivity (Wildman–Crippen MR) is 74.0 cm³/mol. The summed E-state index contributed by atoms with van der Waals surface area (Å²) in [6.07, 6.45) is 3.45. The fraction of sp³-hybridized carbons (Fsp3) is 0.714. The zero-order valence-corrected chi connectivity index (χ0v) is 12.4. The molecule has 0 aliphatic heterocycles. The quantitative estimate of drug-likeness (QED) is 0.728. The molecule has 2 N–H and O–H groups in total. The van der Waals surface area contributed by atoms with Crippen molar-refractivity contribution in [3.05, 3.63) is 12.2 Å². The molecule has 5 nitrogen and oxygen atoms in total. The normalized spacial score (nSPS) is 13.6. The van der Waals surface area contributed by atoms with E-state index in [2.05, 4.69) is 5.32 Å². The van der Waals surface area contributed by atoms with Crippen LogP contribution >= 0.6 is 0 Å². The standard InChI is InChI=1S/C14H25NO4/c1-10(2)9-11(7-6-8-12(16)17)15-13(18)19-14(3,4)5/h6-7,10-11H,8-9H2,1-5H3,(H,15,18)(H,16,17)/b7-6+/t11-/m0/s1. The van der Waals surface area contributed by atoms with E-state index in [0.29, 0.717) is 5.92 Å². The van der Waals surface area contributed by atoms with Crippen LogP contribution in [0.3, 0.4) is 0 Å². The second-order valence-electron chi connectivity index (χ2n) is 5.91. The maximum atomic E-state index is 11.7. The molecule has 0 aromatic rings. The van der Waals surface area contributed by atoms with Gasteiger partial charge in [0, 0.05) is 0 Å². The number of amides is 1. The van der Waals surface area contributed by atoms with Gasteiger partial charge in [0.25, 0.3) is 0 Å². The summed E-state index contributed by atoms with van der Waals surface area (Å²) in [5.74, 6) is -0.508. The maximum absolute atomic E-state index is 11.7. The van der Waals surface area contributed by atoms with E-state index in [0.717, 1.165) is 6.42 Å². The van der Waals surface area contributed by atoms with Gasteiger partial charge in [0.05, 0.1) is 12.5 Å². The highest BCUT2D eigenvalue weighted by Crippen LogP contribution is 2.10. The van der Waals surface area contributed by atoms with Crippen LogP contribution in [0.5, 0.6) is 0 Å². The van der Waals surface area contributed by atoms with Gasteiger partial charge in [-0.2, -0.15) is 0 Å². The van der Waals surface area contributed by atoms with Crippen molar-refractivity contribution in [2.45, 2.75) is 59.1 Å². The van der Waals surface area contributed by atoms with Gasteiger partial charge in [0.1, 0.15) is 5.60 Å². The molecule has 0 rings (SSSR count). The second kappa shape index (κ2) is 7.81. The molecule has 0 aliphatic carbocycles. The summed E-state index contributed by atoms with van der Waals surface area (Å²) in [5.41, 5.74) is -0.544. The summed E-state index contributed by atoms with van der Waals surface area (Å²) in [6.45, 7) is 9.46. The summed E-state index contributed by atoms with van der Waals surface area (Å²) >= 11 is 0. The first-order valence-corrected chi connectivity index (χ1v) is 6.48. The molecule has 1 atom stereocenters. The van der Waals surface area contributed by atoms with Crippen molar-refractivity contribution in [2.75, 3.05) is 0 Å². The molecule has 0 aromatic heterocycles. The molecule has 19 heavy (non-hydrogen) atoms. The molecule has 110 valence electrons. The first-order chi connectivity index (χ1) is 8.60. The van der Waals surface area contributed by atoms with Crippen molar-refractivity contribution in [3.8, 4) is 0 Å². The van der Waals surface area contributed by atoms with Crippen LogP contribution in [0.15, 0.2) is 12.2 Å². The Hall–Kier alpha value is -1.52. The van der Waals surface area contributed by atoms with Crippen LogP contribution in [0.2, 0.25) is 0 Å². The van der Waals surface area contributed by atoms with Gasteiger partial charge in [-0.25, -0.2) is 4.79 Å². The highest BCUT2D eigenvalue weighted by Gasteiger charge is 2.18. The van der Waals surface area contributed by atoms with E-state index < -0.39 is 17.7 Å². The van der Waals surface area contributed by atoms with Crippen LogP contribution in [0.25, 0.3) is 0 Å². The minimum atomic E-state index is -0.892. The van der Waals surface area contributed by atoms with Crippen LogP contribution in [0.1, 0.15) is 47.5 Å². The lowest BCUT2D eigenvalue weighted by Crippen LogP contribution is -2.38. The molecule has 5 heteroatoms. The van der Waals surface area contributed by atoms with Gasteiger partial charge in [0.2, 0.25) is 0 Å². The van der Waals surface area contributed by atoms with Crippen molar-refractivity contribution in [2.24, 2.45) is 5.92 Å². The van der Waals surface area contributed by atoms with Crippen molar-refractivity contribution >= 4 is 12.1 Å². The second-order valence-corrected chi connectivity index (χ2v) is 5.91. The van der Waals surface area contributed by atoms with Gasteiger partial charge >= 0.3 is 12.1 Å². The Balaban J connectivity index is 4.46. The van der Waals surface area contributed by atoms with Gasteiger partial charge in [-0.1, -0.05) is 26.0 Å². The zero-order valence-electron chi connectivity index (χ0n) is 12.4. The lowest BCUT2D eigenvalue weighted by molar-refractivity contribution is -0.136. The van der Waals surface area contributed by atoms with E-state index in [9.17, 15) is 9.59 Å². The SMILES string of the molecule is CC(C)C[C@H](/C=C/CC(=O)O)NC(=O)OC(C)(C)C. The summed E-state index contributed by atoms with van der Waals surface area (Å²) in [6, 6.07) is -0.214. The Bertz CT molecular complexity index is 329. The molecule has 0 aromatic carbocycles. The third-order valence-electron chi connectivity index (χ3n) is 2.09. The van der Waals surface area contributed by atoms with Gasteiger partial charge in [-0.15, -0.1) is 0 Å². The average Bonchev–Trinajstić information content (AvgIpc) is 2.11. The van der Waals surface area contributed by atoms with Crippen molar-refractivity contribution in [1.29, 1.82) is 0 Å². The van der Waals surface area contributed by atoms with Gasteiger partial charge in [-0.05, 0) is 33.1 Å². The molecule has 1 amide bonds. The molecule has 0 radical (unpaired) electrons. The summed E-state index contributed by atoms with van der Waals surface area (Å²) in [5, 5.41) is 11.3. The minimum absolute atomic E-state index is 0.0510. The highest BCUT2D eigenvalue weighted by atomic mass is 16.6. The first-order valence-electron chi connectivity index (χ1n) is 6.48. The fourth-order valence-corrected chi connectivity index (χ4v) is 1.49. The van der Waals surface area contributed by atoms with Crippen LogP contribution in [-0.4, -0.2) is 28.8 Å². The number of hydrogen-bond donors (Lipinski definition) is 2. The summed E-state index contributed by atoms with van der Waals surface area (Å²) in [4.78, 5) is 22.1. The largest absolute Gasteiger partial charge is 0.481 e. The van der Waals surface area contributed by atoms with E-state index in [-0.39, 0.29) is 12.5 Å². The molecule has 0 saturated carbocycles. The molecule has 0 unspecified atom stereocenters. The lowest BCUT2D eigenvalue weighted by Gasteiger charge is -2.23. The summed E-state index contributed by atoms with van der Waals surface area (Å²) < 4.78 is 5.18. The van der Waals surface area contributed by atoms with Gasteiger partial charge in [-0.3, -0.25) is 4.79 Å². The molecular weight excluding hydrogens is 246 g/mol. The topological polar surface area (TPSA) is 75.6 Å². The third-order valence-corrected chi connectivity index (χ3v) is 2.09. The Morgan fingerprint density at radius 1 is 1.32 bits per heavy atom. The van der Waals surface area contributed by atoms with Crippen LogP contribution < -0.4 is 5.32 Å². The van der Waals surface area contributed by atoms with Crippen molar-refractivity contribution < 1.29 is 19.4 Å². The minimum Gasteiger partial charge on any atom is -0.481 e. The molecule has 0 saturated heterocycles. The molecule has 0 spiro atoms. The Morgan fingerprint density at radius 3 is 2.32 bits per heavy atom. The molecule has 0 heterocycles. The highest BCUT2D eigenvalue weighted by molar-refractivity contribution is 5.69. The number of nitrogens with one attached hydrogen (secondary N) is 1. The van der Waals surface area contributed by atoms with E-state index in [4.69, 9.17) is 9.84 Å². The number of rotatable bonds is 6. The van der Waals surface area contributed by atoms with E-state index >= 15 is 0 Å². The average molecular weight is 271 g/mol.